The second kappa shape index (κ2) is 7.39. The Morgan fingerprint density at radius 1 is 1.04 bits per heavy atom. The summed E-state index contributed by atoms with van der Waals surface area (Å²) in [6.45, 7) is 0. The van der Waals surface area contributed by atoms with Crippen molar-refractivity contribution < 1.29 is 27.9 Å². The fourth-order valence-electron chi connectivity index (χ4n) is 2.31. The molecule has 0 bridgehead atoms. The van der Waals surface area contributed by atoms with Crippen LogP contribution in [0.1, 0.15) is 26.4 Å². The monoisotopic (exact) mass is 391 g/mol. The maximum absolute atomic E-state index is 13.1. The number of carbonyl (C=O) groups excluding carboxylic acids is 2. The molecule has 1 aromatic carbocycles. The Balaban J connectivity index is 1.80. The molecule has 0 atom stereocenters. The Bertz CT molecular complexity index is 1020. The number of para-hydroxylation sites is 1. The SMILES string of the molecule is O=C(NNC(=O)c1nn(-c2ccccc2C(F)(F)F)cc1O)c1cccnc1. The van der Waals surface area contributed by atoms with Crippen molar-refractivity contribution in [2.75, 3.05) is 0 Å². The number of rotatable bonds is 3. The number of hydrogen-bond donors (Lipinski definition) is 3. The largest absolute Gasteiger partial charge is 0.504 e. The summed E-state index contributed by atoms with van der Waals surface area (Å²) in [5, 5.41) is 13.6. The third-order valence-corrected chi connectivity index (χ3v) is 3.58. The number of carbonyl (C=O) groups is 2. The first-order valence-electron chi connectivity index (χ1n) is 7.73. The first-order valence-corrected chi connectivity index (χ1v) is 7.73. The second-order valence-electron chi connectivity index (χ2n) is 5.47. The summed E-state index contributed by atoms with van der Waals surface area (Å²) in [7, 11) is 0. The molecule has 8 nitrogen and oxygen atoms in total. The Kier molecular flexibility index (Phi) is 4.98. The molecule has 11 heteroatoms. The zero-order valence-corrected chi connectivity index (χ0v) is 13.9. The molecule has 0 unspecified atom stereocenters. The van der Waals surface area contributed by atoms with E-state index in [9.17, 15) is 27.9 Å². The van der Waals surface area contributed by atoms with Crippen molar-refractivity contribution in [2.45, 2.75) is 6.18 Å². The number of nitrogens with zero attached hydrogens (tertiary/aromatic N) is 3. The summed E-state index contributed by atoms with van der Waals surface area (Å²) in [4.78, 5) is 27.7. The minimum atomic E-state index is -4.65. The van der Waals surface area contributed by atoms with Crippen molar-refractivity contribution in [2.24, 2.45) is 0 Å². The van der Waals surface area contributed by atoms with Gasteiger partial charge in [-0.15, -0.1) is 0 Å². The van der Waals surface area contributed by atoms with Gasteiger partial charge in [0.2, 0.25) is 0 Å². The molecule has 0 aliphatic carbocycles. The fourth-order valence-corrected chi connectivity index (χ4v) is 2.31. The lowest BCUT2D eigenvalue weighted by Gasteiger charge is -2.12. The number of benzene rings is 1. The van der Waals surface area contributed by atoms with Gasteiger partial charge in [0.15, 0.2) is 11.4 Å². The fraction of sp³-hybridized carbons (Fsp3) is 0.0588. The zero-order valence-electron chi connectivity index (χ0n) is 13.9. The van der Waals surface area contributed by atoms with E-state index in [2.05, 4.69) is 15.5 Å². The van der Waals surface area contributed by atoms with Gasteiger partial charge in [-0.3, -0.25) is 25.4 Å². The van der Waals surface area contributed by atoms with Crippen LogP contribution >= 0.6 is 0 Å². The van der Waals surface area contributed by atoms with Gasteiger partial charge in [-0.2, -0.15) is 18.3 Å². The molecule has 28 heavy (non-hydrogen) atoms. The number of nitrogens with one attached hydrogen (secondary N) is 2. The molecular formula is C17H12F3N5O3. The van der Waals surface area contributed by atoms with Crippen molar-refractivity contribution in [3.8, 4) is 11.4 Å². The summed E-state index contributed by atoms with van der Waals surface area (Å²) in [6, 6.07) is 7.52. The summed E-state index contributed by atoms with van der Waals surface area (Å²) in [6.07, 6.45) is -1.07. The highest BCUT2D eigenvalue weighted by molar-refractivity contribution is 5.99. The van der Waals surface area contributed by atoms with Crippen molar-refractivity contribution in [1.29, 1.82) is 0 Å². The van der Waals surface area contributed by atoms with E-state index in [0.717, 1.165) is 23.0 Å². The van der Waals surface area contributed by atoms with Gasteiger partial charge in [0, 0.05) is 12.4 Å². The average Bonchev–Trinajstić information content (AvgIpc) is 3.07. The van der Waals surface area contributed by atoms with Crippen LogP contribution < -0.4 is 10.9 Å². The van der Waals surface area contributed by atoms with E-state index in [1.807, 2.05) is 5.43 Å². The van der Waals surface area contributed by atoms with E-state index in [1.165, 1.54) is 36.7 Å². The minimum Gasteiger partial charge on any atom is -0.504 e. The van der Waals surface area contributed by atoms with Crippen molar-refractivity contribution in [3.05, 3.63) is 71.8 Å². The quantitative estimate of drug-likeness (QED) is 0.593. The zero-order chi connectivity index (χ0) is 20.3. The molecule has 2 aromatic heterocycles. The number of hydrazine groups is 1. The molecule has 0 aliphatic rings. The Hall–Kier alpha value is -3.89. The van der Waals surface area contributed by atoms with E-state index in [1.54, 1.807) is 0 Å². The van der Waals surface area contributed by atoms with E-state index in [4.69, 9.17) is 0 Å². The number of halogens is 3. The van der Waals surface area contributed by atoms with Crippen LogP contribution in [0, 0.1) is 0 Å². The number of amides is 2. The highest BCUT2D eigenvalue weighted by Crippen LogP contribution is 2.34. The van der Waals surface area contributed by atoms with E-state index in [0.29, 0.717) is 0 Å². The molecule has 0 radical (unpaired) electrons. The van der Waals surface area contributed by atoms with Crippen molar-refractivity contribution in [1.82, 2.24) is 25.6 Å². The van der Waals surface area contributed by atoms with Gasteiger partial charge >= 0.3 is 6.18 Å². The lowest BCUT2D eigenvalue weighted by atomic mass is 10.2. The number of hydrogen-bond acceptors (Lipinski definition) is 5. The van der Waals surface area contributed by atoms with Gasteiger partial charge in [0.25, 0.3) is 11.8 Å². The second-order valence-corrected chi connectivity index (χ2v) is 5.47. The van der Waals surface area contributed by atoms with Crippen LogP contribution in [0.5, 0.6) is 5.75 Å². The molecule has 0 saturated carbocycles. The number of pyridine rings is 1. The minimum absolute atomic E-state index is 0.164. The average molecular weight is 391 g/mol. The molecule has 3 N–H and O–H groups in total. The first-order chi connectivity index (χ1) is 13.3. The van der Waals surface area contributed by atoms with E-state index >= 15 is 0 Å². The molecule has 144 valence electrons. The number of aromatic hydroxyl groups is 1. The smallest absolute Gasteiger partial charge is 0.418 e. The molecule has 0 fully saturated rings. The molecular weight excluding hydrogens is 379 g/mol. The highest BCUT2D eigenvalue weighted by atomic mass is 19.4. The third kappa shape index (κ3) is 3.92. The summed E-state index contributed by atoms with van der Waals surface area (Å²) in [5.74, 6) is -2.36. The molecule has 0 saturated heterocycles. The predicted octanol–water partition coefficient (Wildman–Crippen LogP) is 2.07. The first kappa shape index (κ1) is 18.9. The number of aromatic nitrogens is 3. The van der Waals surface area contributed by atoms with Gasteiger partial charge in [0.05, 0.1) is 23.0 Å². The van der Waals surface area contributed by atoms with Crippen LogP contribution in [0.15, 0.2) is 55.0 Å². The normalized spacial score (nSPS) is 11.1. The maximum Gasteiger partial charge on any atom is 0.418 e. The lowest BCUT2D eigenvalue weighted by molar-refractivity contribution is -0.137. The van der Waals surface area contributed by atoms with Gasteiger partial charge in [-0.1, -0.05) is 12.1 Å². The Morgan fingerprint density at radius 3 is 2.43 bits per heavy atom. The molecule has 3 aromatic rings. The number of alkyl halides is 3. The lowest BCUT2D eigenvalue weighted by Crippen LogP contribution is -2.41. The van der Waals surface area contributed by atoms with Crippen molar-refractivity contribution in [3.63, 3.8) is 0 Å². The van der Waals surface area contributed by atoms with Crippen LogP contribution in [0.2, 0.25) is 0 Å². The topological polar surface area (TPSA) is 109 Å². The Labute approximate surface area is 155 Å². The van der Waals surface area contributed by atoms with E-state index < -0.39 is 35.0 Å². The molecule has 0 aliphatic heterocycles. The van der Waals surface area contributed by atoms with Crippen LogP contribution in [0.3, 0.4) is 0 Å². The summed E-state index contributed by atoms with van der Waals surface area (Å²) >= 11 is 0. The van der Waals surface area contributed by atoms with Gasteiger partial charge in [-0.05, 0) is 24.3 Å². The van der Waals surface area contributed by atoms with Crippen LogP contribution in [-0.4, -0.2) is 31.7 Å². The van der Waals surface area contributed by atoms with Crippen LogP contribution in [0.25, 0.3) is 5.69 Å². The predicted molar refractivity (Wildman–Crippen MR) is 89.4 cm³/mol. The highest BCUT2D eigenvalue weighted by Gasteiger charge is 2.34. The van der Waals surface area contributed by atoms with Crippen molar-refractivity contribution >= 4 is 11.8 Å². The van der Waals surface area contributed by atoms with Gasteiger partial charge < -0.3 is 5.11 Å². The summed E-state index contributed by atoms with van der Waals surface area (Å²) < 4.78 is 40.1. The molecule has 3 rings (SSSR count). The van der Waals surface area contributed by atoms with Crippen LogP contribution in [0.4, 0.5) is 13.2 Å². The molecule has 2 amide bonds. The van der Waals surface area contributed by atoms with Gasteiger partial charge in [-0.25, -0.2) is 4.68 Å². The van der Waals surface area contributed by atoms with Gasteiger partial charge in [0.1, 0.15) is 0 Å². The molecule has 0 spiro atoms. The summed E-state index contributed by atoms with van der Waals surface area (Å²) in [5.41, 5.74) is 2.35. The standard InChI is InChI=1S/C17H12F3N5O3/c18-17(19,20)11-5-1-2-6-12(11)25-9-13(26)14(24-25)16(28)23-22-15(27)10-4-3-7-21-8-10/h1-9,26H,(H,22,27)(H,23,28). The van der Waals surface area contributed by atoms with E-state index in [-0.39, 0.29) is 11.3 Å². The molecule has 2 heterocycles. The Morgan fingerprint density at radius 2 is 1.75 bits per heavy atom. The third-order valence-electron chi connectivity index (χ3n) is 3.58. The van der Waals surface area contributed by atoms with Crippen LogP contribution in [-0.2, 0) is 6.18 Å². The maximum atomic E-state index is 13.1.